The van der Waals surface area contributed by atoms with E-state index in [0.29, 0.717) is 16.3 Å². The maximum absolute atomic E-state index is 13.4. The molecular weight excluding hydrogens is 436 g/mol. The van der Waals surface area contributed by atoms with Crippen molar-refractivity contribution in [3.8, 4) is 17.2 Å². The van der Waals surface area contributed by atoms with Crippen LogP contribution in [0.4, 0.5) is 8.78 Å². The summed E-state index contributed by atoms with van der Waals surface area (Å²) in [5.41, 5.74) is 0.321. The normalized spacial score (nSPS) is 19.2. The molecule has 1 fully saturated rings. The standard InChI is InChI=1S/C21H18ClF2NO6/c1-12(26)16-9-13(22)5-6-17(16)29-11-14-10-25(7-8-28-14)20(27)15-3-2-4-18-19(15)31-21(23,24)30-18/h2-6,9,14H,7-8,10-11H2,1H3. The van der Waals surface area contributed by atoms with Gasteiger partial charge in [-0.1, -0.05) is 17.7 Å². The van der Waals surface area contributed by atoms with Crippen molar-refractivity contribution in [1.29, 1.82) is 0 Å². The minimum absolute atomic E-state index is 0.0205. The summed E-state index contributed by atoms with van der Waals surface area (Å²) < 4.78 is 47.2. The van der Waals surface area contributed by atoms with E-state index in [2.05, 4.69) is 9.47 Å². The number of hydrogen-bond donors (Lipinski definition) is 0. The average molecular weight is 454 g/mol. The number of morpholine rings is 1. The van der Waals surface area contributed by atoms with Gasteiger partial charge in [0.25, 0.3) is 5.91 Å². The number of carbonyl (C=O) groups excluding carboxylic acids is 2. The molecule has 164 valence electrons. The first kappa shape index (κ1) is 21.3. The Kier molecular flexibility index (Phi) is 5.72. The van der Waals surface area contributed by atoms with Crippen molar-refractivity contribution in [3.63, 3.8) is 0 Å². The van der Waals surface area contributed by atoms with E-state index in [1.54, 1.807) is 12.1 Å². The number of amides is 1. The Balaban J connectivity index is 1.44. The number of rotatable bonds is 5. The molecule has 1 atom stereocenters. The number of ketones is 1. The summed E-state index contributed by atoms with van der Waals surface area (Å²) in [6.07, 6.45) is -4.30. The molecule has 10 heteroatoms. The first-order chi connectivity index (χ1) is 14.7. The maximum Gasteiger partial charge on any atom is 0.586 e. The van der Waals surface area contributed by atoms with Gasteiger partial charge in [-0.3, -0.25) is 9.59 Å². The number of nitrogens with zero attached hydrogens (tertiary/aromatic N) is 1. The van der Waals surface area contributed by atoms with Gasteiger partial charge in [0.2, 0.25) is 0 Å². The Morgan fingerprint density at radius 2 is 2.03 bits per heavy atom. The van der Waals surface area contributed by atoms with E-state index in [1.165, 1.54) is 36.1 Å². The van der Waals surface area contributed by atoms with Crippen LogP contribution in [0.15, 0.2) is 36.4 Å². The summed E-state index contributed by atoms with van der Waals surface area (Å²) in [5, 5.41) is 0.412. The zero-order valence-corrected chi connectivity index (χ0v) is 17.2. The molecule has 0 spiro atoms. The third-order valence-electron chi connectivity index (χ3n) is 4.83. The summed E-state index contributed by atoms with van der Waals surface area (Å²) in [7, 11) is 0. The van der Waals surface area contributed by atoms with Gasteiger partial charge in [0, 0.05) is 11.6 Å². The van der Waals surface area contributed by atoms with Crippen LogP contribution in [0, 0.1) is 0 Å². The second-order valence-electron chi connectivity index (χ2n) is 7.05. The number of ether oxygens (including phenoxy) is 4. The van der Waals surface area contributed by atoms with Gasteiger partial charge in [0.05, 0.1) is 24.3 Å². The lowest BCUT2D eigenvalue weighted by atomic mass is 10.1. The predicted octanol–water partition coefficient (Wildman–Crippen LogP) is 3.78. The van der Waals surface area contributed by atoms with E-state index in [0.717, 1.165) is 0 Å². The van der Waals surface area contributed by atoms with Gasteiger partial charge in [-0.2, -0.15) is 0 Å². The molecule has 1 unspecified atom stereocenters. The lowest BCUT2D eigenvalue weighted by Gasteiger charge is -2.33. The van der Waals surface area contributed by atoms with E-state index in [-0.39, 0.29) is 49.1 Å². The lowest BCUT2D eigenvalue weighted by Crippen LogP contribution is -2.47. The number of benzene rings is 2. The van der Waals surface area contributed by atoms with Crippen molar-refractivity contribution >= 4 is 23.3 Å². The second-order valence-corrected chi connectivity index (χ2v) is 7.49. The number of alkyl halides is 2. The average Bonchev–Trinajstić information content (AvgIpc) is 3.06. The molecule has 0 aromatic heterocycles. The summed E-state index contributed by atoms with van der Waals surface area (Å²) in [5.74, 6) is -0.802. The Labute approximate surface area is 181 Å². The zero-order chi connectivity index (χ0) is 22.2. The molecule has 1 saturated heterocycles. The topological polar surface area (TPSA) is 74.3 Å². The Morgan fingerprint density at radius 1 is 1.23 bits per heavy atom. The van der Waals surface area contributed by atoms with E-state index in [4.69, 9.17) is 21.1 Å². The summed E-state index contributed by atoms with van der Waals surface area (Å²) in [4.78, 5) is 26.2. The van der Waals surface area contributed by atoms with Crippen LogP contribution in [0.2, 0.25) is 5.02 Å². The molecule has 0 bridgehead atoms. The number of Topliss-reactive ketones (excluding diaryl/α,β-unsaturated/α-hetero) is 1. The molecule has 2 aliphatic heterocycles. The minimum Gasteiger partial charge on any atom is -0.490 e. The summed E-state index contributed by atoms with van der Waals surface area (Å²) in [6.45, 7) is 2.17. The van der Waals surface area contributed by atoms with Crippen LogP contribution in [0.25, 0.3) is 0 Å². The molecule has 0 saturated carbocycles. The Hall–Kier alpha value is -2.91. The molecule has 7 nitrogen and oxygen atoms in total. The minimum atomic E-state index is -3.81. The first-order valence-electron chi connectivity index (χ1n) is 9.46. The second kappa shape index (κ2) is 8.32. The van der Waals surface area contributed by atoms with Gasteiger partial charge in [0.15, 0.2) is 17.3 Å². The van der Waals surface area contributed by atoms with Crippen molar-refractivity contribution in [1.82, 2.24) is 4.90 Å². The number of carbonyl (C=O) groups is 2. The van der Waals surface area contributed by atoms with Crippen LogP contribution in [0.5, 0.6) is 17.2 Å². The molecule has 0 aliphatic carbocycles. The van der Waals surface area contributed by atoms with Gasteiger partial charge in [-0.25, -0.2) is 0 Å². The van der Waals surface area contributed by atoms with E-state index in [1.807, 2.05) is 0 Å². The molecule has 0 N–H and O–H groups in total. The Bertz CT molecular complexity index is 1030. The van der Waals surface area contributed by atoms with Crippen LogP contribution >= 0.6 is 11.6 Å². The van der Waals surface area contributed by atoms with Crippen LogP contribution in [-0.4, -0.2) is 55.3 Å². The molecular formula is C21H18ClF2NO6. The number of halogens is 3. The quantitative estimate of drug-likeness (QED) is 0.641. The zero-order valence-electron chi connectivity index (χ0n) is 16.4. The third kappa shape index (κ3) is 4.57. The van der Waals surface area contributed by atoms with Gasteiger partial charge in [-0.05, 0) is 37.3 Å². The van der Waals surface area contributed by atoms with Gasteiger partial charge in [-0.15, -0.1) is 8.78 Å². The first-order valence-corrected chi connectivity index (χ1v) is 9.84. The fourth-order valence-corrected chi connectivity index (χ4v) is 3.57. The smallest absolute Gasteiger partial charge is 0.490 e. The largest absolute Gasteiger partial charge is 0.586 e. The number of hydrogen-bond acceptors (Lipinski definition) is 6. The molecule has 0 radical (unpaired) electrons. The third-order valence-corrected chi connectivity index (χ3v) is 5.07. The van der Waals surface area contributed by atoms with Gasteiger partial charge < -0.3 is 23.8 Å². The summed E-state index contributed by atoms with van der Waals surface area (Å²) >= 11 is 5.94. The van der Waals surface area contributed by atoms with E-state index in [9.17, 15) is 18.4 Å². The van der Waals surface area contributed by atoms with Crippen LogP contribution in [0.1, 0.15) is 27.6 Å². The highest BCUT2D eigenvalue weighted by Gasteiger charge is 2.45. The van der Waals surface area contributed by atoms with Crippen molar-refractivity contribution in [2.24, 2.45) is 0 Å². The van der Waals surface area contributed by atoms with Gasteiger partial charge in [0.1, 0.15) is 18.5 Å². The van der Waals surface area contributed by atoms with Gasteiger partial charge >= 0.3 is 6.29 Å². The lowest BCUT2D eigenvalue weighted by molar-refractivity contribution is -0.286. The molecule has 2 heterocycles. The van der Waals surface area contributed by atoms with E-state index < -0.39 is 18.3 Å². The van der Waals surface area contributed by atoms with Crippen LogP contribution in [0.3, 0.4) is 0 Å². The monoisotopic (exact) mass is 453 g/mol. The van der Waals surface area contributed by atoms with Crippen molar-refractivity contribution < 1.29 is 37.3 Å². The van der Waals surface area contributed by atoms with Crippen LogP contribution < -0.4 is 14.2 Å². The van der Waals surface area contributed by atoms with Crippen molar-refractivity contribution in [3.05, 3.63) is 52.5 Å². The SMILES string of the molecule is CC(=O)c1cc(Cl)ccc1OCC1CN(C(=O)c2cccc3c2OC(F)(F)O3)CCO1. The fourth-order valence-electron chi connectivity index (χ4n) is 3.40. The molecule has 4 rings (SSSR count). The Morgan fingerprint density at radius 3 is 2.81 bits per heavy atom. The molecule has 31 heavy (non-hydrogen) atoms. The predicted molar refractivity (Wildman–Crippen MR) is 105 cm³/mol. The molecule has 2 aromatic carbocycles. The molecule has 2 aromatic rings. The maximum atomic E-state index is 13.4. The van der Waals surface area contributed by atoms with E-state index >= 15 is 0 Å². The highest BCUT2D eigenvalue weighted by Crippen LogP contribution is 2.43. The molecule has 1 amide bonds. The highest BCUT2D eigenvalue weighted by atomic mass is 35.5. The number of fused-ring (bicyclic) bond motifs is 1. The molecule has 2 aliphatic rings. The van der Waals surface area contributed by atoms with Crippen molar-refractivity contribution in [2.45, 2.75) is 19.3 Å². The summed E-state index contributed by atoms with van der Waals surface area (Å²) in [6, 6.07) is 8.87. The van der Waals surface area contributed by atoms with Crippen molar-refractivity contribution in [2.75, 3.05) is 26.3 Å². The fraction of sp³-hybridized carbons (Fsp3) is 0.333. The highest BCUT2D eigenvalue weighted by molar-refractivity contribution is 6.31. The number of para-hydroxylation sites is 1. The van der Waals surface area contributed by atoms with Crippen LogP contribution in [-0.2, 0) is 4.74 Å².